The van der Waals surface area contributed by atoms with Crippen molar-refractivity contribution < 1.29 is 14.3 Å². The van der Waals surface area contributed by atoms with E-state index in [1.807, 2.05) is 0 Å². The van der Waals surface area contributed by atoms with E-state index in [9.17, 15) is 9.59 Å². The summed E-state index contributed by atoms with van der Waals surface area (Å²) in [7, 11) is 4.72. The summed E-state index contributed by atoms with van der Waals surface area (Å²) in [5, 5.41) is 7.57. The van der Waals surface area contributed by atoms with Gasteiger partial charge in [-0.25, -0.2) is 4.79 Å². The molecule has 8 heteroatoms. The van der Waals surface area contributed by atoms with Crippen molar-refractivity contribution in [3.8, 4) is 0 Å². The standard InChI is InChI=1S/C22H35N3O3S2/c1-8-22(3,4)14-9-11-15(12-10-14)23-21(29)24-18-16(20(27)28-7)13(2)17(30-18)19(26)25(5)6/h14-15H,8-12H2,1-7H3,(H2,23,24,29). The maximum absolute atomic E-state index is 12.5. The molecule has 1 amide bonds. The average Bonchev–Trinajstić information content (AvgIpc) is 3.02. The quantitative estimate of drug-likeness (QED) is 0.475. The molecule has 0 aromatic carbocycles. The number of carbonyl (C=O) groups is 2. The topological polar surface area (TPSA) is 70.7 Å². The van der Waals surface area contributed by atoms with Crippen LogP contribution in [-0.4, -0.2) is 49.1 Å². The maximum atomic E-state index is 12.5. The number of thiocarbonyl (C=S) groups is 1. The number of rotatable bonds is 6. The molecular formula is C22H35N3O3S2. The Morgan fingerprint density at radius 2 is 1.83 bits per heavy atom. The van der Waals surface area contributed by atoms with Crippen LogP contribution in [0.1, 0.15) is 78.5 Å². The monoisotopic (exact) mass is 453 g/mol. The van der Waals surface area contributed by atoms with Gasteiger partial charge in [-0.15, -0.1) is 11.3 Å². The molecule has 0 unspecified atom stereocenters. The van der Waals surface area contributed by atoms with Crippen molar-refractivity contribution in [2.45, 2.75) is 65.8 Å². The SMILES string of the molecule is CCC(C)(C)C1CCC(NC(=S)Nc2sc(C(=O)N(C)C)c(C)c2C(=O)OC)CC1. The number of hydrogen-bond donors (Lipinski definition) is 2. The van der Waals surface area contributed by atoms with Gasteiger partial charge in [-0.05, 0) is 61.7 Å². The molecule has 1 heterocycles. The molecule has 0 aliphatic heterocycles. The molecule has 1 aromatic heterocycles. The summed E-state index contributed by atoms with van der Waals surface area (Å²) in [5.41, 5.74) is 1.35. The van der Waals surface area contributed by atoms with E-state index in [4.69, 9.17) is 17.0 Å². The third-order valence-electron chi connectivity index (χ3n) is 6.44. The highest BCUT2D eigenvalue weighted by Crippen LogP contribution is 2.40. The first-order chi connectivity index (χ1) is 14.0. The lowest BCUT2D eigenvalue weighted by molar-refractivity contribution is 0.0601. The third kappa shape index (κ3) is 5.52. The van der Waals surface area contributed by atoms with E-state index in [1.165, 1.54) is 42.6 Å². The van der Waals surface area contributed by atoms with Gasteiger partial charge in [0.05, 0.1) is 17.6 Å². The van der Waals surface area contributed by atoms with E-state index in [2.05, 4.69) is 31.4 Å². The van der Waals surface area contributed by atoms with Gasteiger partial charge in [0.15, 0.2) is 5.11 Å². The molecule has 1 aliphatic carbocycles. The van der Waals surface area contributed by atoms with Crippen molar-refractivity contribution in [2.75, 3.05) is 26.5 Å². The van der Waals surface area contributed by atoms with E-state index in [-0.39, 0.29) is 5.91 Å². The molecule has 0 radical (unpaired) electrons. The second kappa shape index (κ2) is 10.1. The van der Waals surface area contributed by atoms with Gasteiger partial charge in [0.2, 0.25) is 0 Å². The van der Waals surface area contributed by atoms with Gasteiger partial charge in [-0.1, -0.05) is 27.2 Å². The van der Waals surface area contributed by atoms with Crippen LogP contribution in [0.4, 0.5) is 5.00 Å². The van der Waals surface area contributed by atoms with Crippen LogP contribution in [0.15, 0.2) is 0 Å². The Morgan fingerprint density at radius 1 is 1.23 bits per heavy atom. The molecule has 1 aliphatic rings. The van der Waals surface area contributed by atoms with Gasteiger partial charge in [0.25, 0.3) is 5.91 Å². The Hall–Kier alpha value is -1.67. The molecule has 1 fully saturated rings. The minimum Gasteiger partial charge on any atom is -0.465 e. The number of carbonyl (C=O) groups excluding carboxylic acids is 2. The summed E-state index contributed by atoms with van der Waals surface area (Å²) in [6, 6.07) is 0.319. The number of hydrogen-bond acceptors (Lipinski definition) is 5. The van der Waals surface area contributed by atoms with Crippen LogP contribution < -0.4 is 10.6 Å². The molecule has 0 atom stereocenters. The predicted octanol–water partition coefficient (Wildman–Crippen LogP) is 4.83. The second-order valence-corrected chi connectivity index (χ2v) is 10.4. The van der Waals surface area contributed by atoms with Gasteiger partial charge >= 0.3 is 5.97 Å². The van der Waals surface area contributed by atoms with Crippen molar-refractivity contribution in [2.24, 2.45) is 11.3 Å². The van der Waals surface area contributed by atoms with Crippen LogP contribution >= 0.6 is 23.6 Å². The first-order valence-electron chi connectivity index (χ1n) is 10.5. The summed E-state index contributed by atoms with van der Waals surface area (Å²) >= 11 is 6.76. The summed E-state index contributed by atoms with van der Waals surface area (Å²) < 4.78 is 4.94. The van der Waals surface area contributed by atoms with E-state index in [1.54, 1.807) is 21.0 Å². The summed E-state index contributed by atoms with van der Waals surface area (Å²) in [5.74, 6) is 0.119. The summed E-state index contributed by atoms with van der Waals surface area (Å²) in [4.78, 5) is 26.8. The van der Waals surface area contributed by atoms with Gasteiger partial charge in [0.1, 0.15) is 5.00 Å². The molecule has 1 aromatic rings. The Morgan fingerprint density at radius 3 is 2.33 bits per heavy atom. The van der Waals surface area contributed by atoms with Crippen LogP contribution in [0, 0.1) is 18.3 Å². The number of esters is 1. The van der Waals surface area contributed by atoms with E-state index in [0.29, 0.717) is 37.6 Å². The molecule has 1 saturated carbocycles. The van der Waals surface area contributed by atoms with Crippen LogP contribution in [0.2, 0.25) is 0 Å². The fourth-order valence-electron chi connectivity index (χ4n) is 3.99. The molecule has 0 saturated heterocycles. The van der Waals surface area contributed by atoms with Gasteiger partial charge in [-0.3, -0.25) is 4.79 Å². The largest absolute Gasteiger partial charge is 0.465 e. The Labute approximate surface area is 189 Å². The first-order valence-corrected chi connectivity index (χ1v) is 11.7. The molecule has 6 nitrogen and oxygen atoms in total. The van der Waals surface area contributed by atoms with Crippen LogP contribution in [-0.2, 0) is 4.74 Å². The highest BCUT2D eigenvalue weighted by Gasteiger charge is 2.32. The smallest absolute Gasteiger partial charge is 0.341 e. The maximum Gasteiger partial charge on any atom is 0.341 e. The Balaban J connectivity index is 2.09. The number of anilines is 1. The van der Waals surface area contributed by atoms with Gasteiger partial charge < -0.3 is 20.3 Å². The first kappa shape index (κ1) is 24.6. The number of ether oxygens (including phenoxy) is 1. The minimum absolute atomic E-state index is 0.147. The Kier molecular flexibility index (Phi) is 8.27. The van der Waals surface area contributed by atoms with E-state index in [0.717, 1.165) is 18.8 Å². The molecule has 0 bridgehead atoms. The zero-order valence-corrected chi connectivity index (χ0v) is 20.8. The minimum atomic E-state index is -0.478. The fraction of sp³-hybridized carbons (Fsp3) is 0.682. The normalized spacial score (nSPS) is 19.2. The van der Waals surface area contributed by atoms with Crippen molar-refractivity contribution in [3.63, 3.8) is 0 Å². The highest BCUT2D eigenvalue weighted by atomic mass is 32.1. The van der Waals surface area contributed by atoms with Crippen LogP contribution in [0.25, 0.3) is 0 Å². The molecule has 168 valence electrons. The lowest BCUT2D eigenvalue weighted by Gasteiger charge is -2.39. The summed E-state index contributed by atoms with van der Waals surface area (Å²) in [6.45, 7) is 8.74. The number of nitrogens with zero attached hydrogens (tertiary/aromatic N) is 1. The highest BCUT2D eigenvalue weighted by molar-refractivity contribution is 7.80. The van der Waals surface area contributed by atoms with Gasteiger partial charge in [0, 0.05) is 20.1 Å². The number of nitrogens with one attached hydrogen (secondary N) is 2. The van der Waals surface area contributed by atoms with Crippen molar-refractivity contribution >= 4 is 45.5 Å². The molecule has 0 spiro atoms. The number of methoxy groups -OCH3 is 1. The third-order valence-corrected chi connectivity index (χ3v) is 7.86. The lowest BCUT2D eigenvalue weighted by Crippen LogP contribution is -2.41. The Bertz CT molecular complexity index is 794. The average molecular weight is 454 g/mol. The predicted molar refractivity (Wildman–Crippen MR) is 128 cm³/mol. The van der Waals surface area contributed by atoms with Crippen molar-refractivity contribution in [3.05, 3.63) is 16.0 Å². The van der Waals surface area contributed by atoms with Crippen LogP contribution in [0.3, 0.4) is 0 Å². The zero-order chi connectivity index (χ0) is 22.6. The van der Waals surface area contributed by atoms with Crippen molar-refractivity contribution in [1.82, 2.24) is 10.2 Å². The number of amides is 1. The molecule has 2 N–H and O–H groups in total. The van der Waals surface area contributed by atoms with Crippen LogP contribution in [0.5, 0.6) is 0 Å². The van der Waals surface area contributed by atoms with Crippen molar-refractivity contribution in [1.29, 1.82) is 0 Å². The van der Waals surface area contributed by atoms with Gasteiger partial charge in [-0.2, -0.15) is 0 Å². The molecular weight excluding hydrogens is 418 g/mol. The zero-order valence-electron chi connectivity index (χ0n) is 19.2. The molecule has 2 rings (SSSR count). The van der Waals surface area contributed by atoms with E-state index < -0.39 is 5.97 Å². The summed E-state index contributed by atoms with van der Waals surface area (Å²) in [6.07, 6.45) is 5.72. The lowest BCUT2D eigenvalue weighted by atomic mass is 9.69. The fourth-order valence-corrected chi connectivity index (χ4v) is 5.54. The van der Waals surface area contributed by atoms with E-state index >= 15 is 0 Å². The molecule has 30 heavy (non-hydrogen) atoms. The number of thiophene rings is 1. The second-order valence-electron chi connectivity index (χ2n) is 8.94.